The monoisotopic (exact) mass is 323 g/mol. The second-order valence-corrected chi connectivity index (χ2v) is 5.16. The third-order valence-corrected chi connectivity index (χ3v) is 3.43. The lowest BCUT2D eigenvalue weighted by Crippen LogP contribution is -2.32. The van der Waals surface area contributed by atoms with Crippen molar-refractivity contribution in [3.05, 3.63) is 24.3 Å². The van der Waals surface area contributed by atoms with E-state index in [4.69, 9.17) is 14.2 Å². The highest BCUT2D eigenvalue weighted by Crippen LogP contribution is 2.17. The minimum absolute atomic E-state index is 0.0412. The summed E-state index contributed by atoms with van der Waals surface area (Å²) in [7, 11) is 0. The Labute approximate surface area is 134 Å². The number of hydrogen-bond donors (Lipinski definition) is 1. The number of ether oxygens (including phenoxy) is 3. The van der Waals surface area contributed by atoms with Crippen molar-refractivity contribution < 1.29 is 23.8 Å². The van der Waals surface area contributed by atoms with Crippen molar-refractivity contribution in [3.8, 4) is 0 Å². The third-order valence-electron chi connectivity index (χ3n) is 3.43. The summed E-state index contributed by atoms with van der Waals surface area (Å²) < 4.78 is 16.9. The van der Waals surface area contributed by atoms with Gasteiger partial charge in [-0.3, -0.25) is 4.79 Å². The van der Waals surface area contributed by atoms with Crippen molar-refractivity contribution >= 4 is 17.7 Å². The molecule has 2 rings (SSSR count). The van der Waals surface area contributed by atoms with Crippen LogP contribution in [-0.4, -0.2) is 41.0 Å². The van der Waals surface area contributed by atoms with Gasteiger partial charge in [-0.1, -0.05) is 6.92 Å². The molecule has 0 radical (unpaired) electrons. The van der Waals surface area contributed by atoms with Gasteiger partial charge in [-0.25, -0.2) is 9.48 Å². The van der Waals surface area contributed by atoms with Crippen LogP contribution in [0.1, 0.15) is 33.2 Å². The van der Waals surface area contributed by atoms with Gasteiger partial charge in [-0.15, -0.1) is 0 Å². The molecule has 1 aliphatic rings. The van der Waals surface area contributed by atoms with Crippen molar-refractivity contribution in [2.45, 2.75) is 39.3 Å². The molecule has 0 fully saturated rings. The molecule has 1 aromatic heterocycles. The first-order chi connectivity index (χ1) is 11.0. The average Bonchev–Trinajstić information content (AvgIpc) is 3.02. The summed E-state index contributed by atoms with van der Waals surface area (Å²) in [6.07, 6.45) is 2.69. The Morgan fingerprint density at radius 3 is 2.87 bits per heavy atom. The number of rotatable bonds is 6. The number of esters is 1. The zero-order valence-corrected chi connectivity index (χ0v) is 13.4. The molecule has 0 unspecified atom stereocenters. The first-order valence-corrected chi connectivity index (χ1v) is 7.52. The number of carbonyl (C=O) groups is 2. The molecule has 0 saturated carbocycles. The van der Waals surface area contributed by atoms with E-state index in [1.807, 2.05) is 13.8 Å². The van der Waals surface area contributed by atoms with Gasteiger partial charge in [-0.2, -0.15) is 5.10 Å². The minimum Gasteiger partial charge on any atom is -0.493 e. The van der Waals surface area contributed by atoms with E-state index in [2.05, 4.69) is 10.4 Å². The Morgan fingerprint density at radius 2 is 2.22 bits per heavy atom. The van der Waals surface area contributed by atoms with Crippen LogP contribution in [-0.2, 0) is 23.8 Å². The molecular formula is C15H21N3O5. The lowest BCUT2D eigenvalue weighted by molar-refractivity contribution is -0.153. The number of amides is 1. The molecule has 0 bridgehead atoms. The van der Waals surface area contributed by atoms with Gasteiger partial charge in [0.1, 0.15) is 25.3 Å². The number of nitrogens with zero attached hydrogens (tertiary/aromatic N) is 2. The van der Waals surface area contributed by atoms with Gasteiger partial charge in [0, 0.05) is 6.07 Å². The predicted octanol–water partition coefficient (Wildman–Crippen LogP) is 1.61. The summed E-state index contributed by atoms with van der Waals surface area (Å²) in [5, 5.41) is 6.89. The van der Waals surface area contributed by atoms with Gasteiger partial charge in [-0.05, 0) is 20.3 Å². The Hall–Kier alpha value is -2.51. The van der Waals surface area contributed by atoms with E-state index in [-0.39, 0.29) is 18.4 Å². The van der Waals surface area contributed by atoms with Gasteiger partial charge in [0.25, 0.3) is 5.91 Å². The number of anilines is 1. The Kier molecular flexibility index (Phi) is 5.61. The summed E-state index contributed by atoms with van der Waals surface area (Å²) in [5.74, 6) is -0.659. The molecule has 1 aliphatic heterocycles. The van der Waals surface area contributed by atoms with Crippen molar-refractivity contribution in [3.63, 3.8) is 0 Å². The molecule has 0 saturated heterocycles. The van der Waals surface area contributed by atoms with Crippen molar-refractivity contribution in [2.75, 3.05) is 18.5 Å². The summed E-state index contributed by atoms with van der Waals surface area (Å²) in [6.45, 7) is 6.17. The lowest BCUT2D eigenvalue weighted by atomic mass is 10.3. The van der Waals surface area contributed by atoms with Crippen LogP contribution in [0.5, 0.6) is 0 Å². The van der Waals surface area contributed by atoms with Crippen LogP contribution >= 0.6 is 0 Å². The third kappa shape index (κ3) is 4.24. The second-order valence-electron chi connectivity index (χ2n) is 5.16. The number of hydrogen-bond acceptors (Lipinski definition) is 6. The van der Waals surface area contributed by atoms with E-state index in [1.54, 1.807) is 16.9 Å². The maximum absolute atomic E-state index is 12.2. The first kappa shape index (κ1) is 16.9. The molecule has 8 nitrogen and oxygen atoms in total. The molecule has 0 aromatic carbocycles. The quantitative estimate of drug-likeness (QED) is 0.800. The van der Waals surface area contributed by atoms with E-state index in [9.17, 15) is 9.59 Å². The summed E-state index contributed by atoms with van der Waals surface area (Å²) in [6, 6.07) is 1.84. The Morgan fingerprint density at radius 1 is 1.43 bits per heavy atom. The zero-order chi connectivity index (χ0) is 16.8. The Bertz CT molecular complexity index is 596. The van der Waals surface area contributed by atoms with Crippen LogP contribution in [0.3, 0.4) is 0 Å². The fourth-order valence-electron chi connectivity index (χ4n) is 1.91. The Balaban J connectivity index is 1.94. The molecule has 23 heavy (non-hydrogen) atoms. The second kappa shape index (κ2) is 7.66. The smallest absolute Gasteiger partial charge is 0.377 e. The van der Waals surface area contributed by atoms with Crippen LogP contribution in [0, 0.1) is 0 Å². The normalized spacial score (nSPS) is 16.4. The molecule has 1 N–H and O–H groups in total. The van der Waals surface area contributed by atoms with Gasteiger partial charge >= 0.3 is 5.97 Å². The molecule has 2 heterocycles. The first-order valence-electron chi connectivity index (χ1n) is 7.52. The van der Waals surface area contributed by atoms with Gasteiger partial charge in [0.15, 0.2) is 6.10 Å². The number of carbonyl (C=O) groups excluding carboxylic acids is 2. The molecule has 126 valence electrons. The highest BCUT2D eigenvalue weighted by Gasteiger charge is 2.24. The highest BCUT2D eigenvalue weighted by atomic mass is 16.6. The maximum atomic E-state index is 12.2. The molecular weight excluding hydrogens is 302 g/mol. The predicted molar refractivity (Wildman–Crippen MR) is 81.4 cm³/mol. The SMILES string of the molecule is CC[C@@H](C)n1nccc1NC(=O)[C@@H](C)OC(=O)C1=COCCO1. The molecule has 1 amide bonds. The van der Waals surface area contributed by atoms with Crippen LogP contribution < -0.4 is 5.32 Å². The molecule has 8 heteroatoms. The maximum Gasteiger partial charge on any atom is 0.377 e. The van der Waals surface area contributed by atoms with Crippen LogP contribution in [0.25, 0.3) is 0 Å². The van der Waals surface area contributed by atoms with Gasteiger partial charge < -0.3 is 19.5 Å². The highest BCUT2D eigenvalue weighted by molar-refractivity contribution is 5.96. The molecule has 0 spiro atoms. The molecule has 0 aliphatic carbocycles. The standard InChI is InChI=1S/C15H21N3O5/c1-4-10(2)18-13(5-6-16-18)17-14(19)11(3)23-15(20)12-9-21-7-8-22-12/h5-6,9-11H,4,7-8H2,1-3H3,(H,17,19)/t10-,11-/m1/s1. The van der Waals surface area contributed by atoms with Crippen LogP contribution in [0.4, 0.5) is 5.82 Å². The summed E-state index contributed by atoms with van der Waals surface area (Å²) in [4.78, 5) is 24.0. The molecule has 1 aromatic rings. The van der Waals surface area contributed by atoms with E-state index in [1.165, 1.54) is 13.2 Å². The number of nitrogens with one attached hydrogen (secondary N) is 1. The van der Waals surface area contributed by atoms with E-state index < -0.39 is 18.0 Å². The van der Waals surface area contributed by atoms with Crippen LogP contribution in [0.2, 0.25) is 0 Å². The lowest BCUT2D eigenvalue weighted by Gasteiger charge is -2.18. The number of aromatic nitrogens is 2. The fraction of sp³-hybridized carbons (Fsp3) is 0.533. The van der Waals surface area contributed by atoms with E-state index in [0.717, 1.165) is 6.42 Å². The largest absolute Gasteiger partial charge is 0.493 e. The van der Waals surface area contributed by atoms with E-state index in [0.29, 0.717) is 12.4 Å². The van der Waals surface area contributed by atoms with Gasteiger partial charge in [0.05, 0.1) is 12.2 Å². The summed E-state index contributed by atoms with van der Waals surface area (Å²) in [5.41, 5.74) is 0. The topological polar surface area (TPSA) is 91.7 Å². The summed E-state index contributed by atoms with van der Waals surface area (Å²) >= 11 is 0. The fourth-order valence-corrected chi connectivity index (χ4v) is 1.91. The average molecular weight is 323 g/mol. The van der Waals surface area contributed by atoms with E-state index >= 15 is 0 Å². The van der Waals surface area contributed by atoms with Crippen LogP contribution in [0.15, 0.2) is 24.3 Å². The minimum atomic E-state index is -0.978. The zero-order valence-electron chi connectivity index (χ0n) is 13.4. The van der Waals surface area contributed by atoms with Gasteiger partial charge in [0.2, 0.25) is 5.76 Å². The van der Waals surface area contributed by atoms with Crippen molar-refractivity contribution in [1.82, 2.24) is 9.78 Å². The van der Waals surface area contributed by atoms with Crippen molar-refractivity contribution in [2.24, 2.45) is 0 Å². The van der Waals surface area contributed by atoms with Crippen molar-refractivity contribution in [1.29, 1.82) is 0 Å². The molecule has 2 atom stereocenters.